The molecule has 18 heavy (non-hydrogen) atoms. The summed E-state index contributed by atoms with van der Waals surface area (Å²) < 4.78 is 0. The largest absolute Gasteiger partial charge is 0.372 e. The van der Waals surface area contributed by atoms with Crippen molar-refractivity contribution in [3.63, 3.8) is 0 Å². The predicted octanol–water partition coefficient (Wildman–Crippen LogP) is 4.59. The Kier molecular flexibility index (Phi) is 3.93. The fourth-order valence-corrected chi connectivity index (χ4v) is 5.10. The van der Waals surface area contributed by atoms with Crippen LogP contribution in [0.1, 0.15) is 48.5 Å². The van der Waals surface area contributed by atoms with E-state index in [1.807, 2.05) is 0 Å². The second-order valence-electron chi connectivity index (χ2n) is 7.31. The molecule has 0 saturated heterocycles. The number of hydrogen-bond donors (Lipinski definition) is 0. The minimum atomic E-state index is -0.816. The lowest BCUT2D eigenvalue weighted by atomic mass is 9.97. The zero-order chi connectivity index (χ0) is 14.5. The van der Waals surface area contributed by atoms with E-state index in [1.165, 1.54) is 11.1 Å². The third-order valence-electron chi connectivity index (χ3n) is 5.25. The lowest BCUT2D eigenvalue weighted by Crippen LogP contribution is -2.43. The van der Waals surface area contributed by atoms with E-state index in [4.69, 9.17) is 0 Å². The Morgan fingerprint density at radius 3 is 1.78 bits per heavy atom. The molecule has 1 atom stereocenters. The number of hydrogen-bond acceptors (Lipinski definition) is 1. The summed E-state index contributed by atoms with van der Waals surface area (Å²) in [5.41, 5.74) is 6.39. The Bertz CT molecular complexity index is 409. The third-order valence-corrected chi connectivity index (χ3v) is 8.26. The molecule has 0 heterocycles. The van der Waals surface area contributed by atoms with Gasteiger partial charge in [0.05, 0.1) is 0 Å². The van der Waals surface area contributed by atoms with Gasteiger partial charge in [0.2, 0.25) is 0 Å². The van der Waals surface area contributed by atoms with Crippen LogP contribution < -0.4 is 0 Å². The highest BCUT2D eigenvalue weighted by molar-refractivity contribution is 6.61. The van der Waals surface area contributed by atoms with Crippen LogP contribution in [0, 0.1) is 0 Å². The molecule has 1 nitrogen and oxygen atoms in total. The van der Waals surface area contributed by atoms with Gasteiger partial charge in [0.25, 0.3) is 0 Å². The highest BCUT2D eigenvalue weighted by Gasteiger charge is 2.44. The second kappa shape index (κ2) is 4.55. The van der Waals surface area contributed by atoms with Crippen molar-refractivity contribution in [2.75, 3.05) is 7.05 Å². The average Bonchev–Trinajstić information content (AvgIpc) is 2.40. The van der Waals surface area contributed by atoms with Crippen LogP contribution in [-0.2, 0) is 0 Å². The number of nitrogens with zero attached hydrogens (tertiary/aromatic N) is 1. The maximum atomic E-state index is 2.51. The summed E-state index contributed by atoms with van der Waals surface area (Å²) in [6, 6.07) is 0. The molecule has 1 aliphatic rings. The summed E-state index contributed by atoms with van der Waals surface area (Å²) in [5.74, 6) is 0. The van der Waals surface area contributed by atoms with Crippen molar-refractivity contribution in [3.8, 4) is 0 Å². The van der Waals surface area contributed by atoms with Gasteiger partial charge in [-0.05, 0) is 52.7 Å². The fraction of sp³-hybridized carbons (Fsp3) is 0.750. The van der Waals surface area contributed by atoms with Gasteiger partial charge in [-0.15, -0.1) is 0 Å². The first-order valence-corrected chi connectivity index (χ1v) is 9.97. The van der Waals surface area contributed by atoms with E-state index < -0.39 is 8.80 Å². The van der Waals surface area contributed by atoms with Gasteiger partial charge in [-0.3, -0.25) is 0 Å². The Morgan fingerprint density at radius 2 is 1.44 bits per heavy atom. The highest BCUT2D eigenvalue weighted by Crippen LogP contribution is 2.56. The normalized spacial score (nSPS) is 25.5. The Hall–Kier alpha value is -0.503. The summed E-state index contributed by atoms with van der Waals surface area (Å²) in [4.78, 5) is 2.51. The summed E-state index contributed by atoms with van der Waals surface area (Å²) in [5, 5.41) is 0.316. The van der Waals surface area contributed by atoms with Gasteiger partial charge in [-0.2, -0.15) is 0 Å². The van der Waals surface area contributed by atoms with Crippen LogP contribution in [0.4, 0.5) is 0 Å². The van der Waals surface area contributed by atoms with Crippen molar-refractivity contribution >= 4 is 8.80 Å². The zero-order valence-electron chi connectivity index (χ0n) is 14.0. The van der Waals surface area contributed by atoms with E-state index in [0.29, 0.717) is 5.04 Å². The summed E-state index contributed by atoms with van der Waals surface area (Å²) >= 11 is 0. The molecule has 2 heteroatoms. The molecule has 0 N–H and O–H groups in total. The molecule has 1 rings (SSSR count). The fourth-order valence-electron chi connectivity index (χ4n) is 3.06. The van der Waals surface area contributed by atoms with Crippen LogP contribution in [0.25, 0.3) is 0 Å². The molecule has 104 valence electrons. The Morgan fingerprint density at radius 1 is 1.00 bits per heavy atom. The number of allylic oxidation sites excluding steroid dienone is 3. The van der Waals surface area contributed by atoms with Crippen LogP contribution >= 0.6 is 0 Å². The standard InChI is InChI=1S/C16H31NSi/c1-11-12(2)14(17(8)15(4,5)6)16(7,13(11)3)18(9)10/h18H,1-10H3. The van der Waals surface area contributed by atoms with Crippen LogP contribution in [0.15, 0.2) is 22.4 Å². The molecule has 0 saturated carbocycles. The van der Waals surface area contributed by atoms with E-state index in [0.717, 1.165) is 0 Å². The first-order chi connectivity index (χ1) is 7.95. The second-order valence-corrected chi connectivity index (χ2v) is 10.8. The molecule has 0 aromatic carbocycles. The van der Waals surface area contributed by atoms with Crippen molar-refractivity contribution in [2.24, 2.45) is 0 Å². The Balaban J connectivity index is 3.43. The first kappa shape index (κ1) is 15.6. The third kappa shape index (κ3) is 2.09. The van der Waals surface area contributed by atoms with Gasteiger partial charge in [-0.25, -0.2) is 0 Å². The van der Waals surface area contributed by atoms with Gasteiger partial charge in [0, 0.05) is 32.1 Å². The molecule has 0 amide bonds. The lowest BCUT2D eigenvalue weighted by Gasteiger charge is -2.45. The maximum Gasteiger partial charge on any atom is 0.0494 e. The molecule has 0 aromatic heterocycles. The molecule has 0 spiro atoms. The van der Waals surface area contributed by atoms with Crippen molar-refractivity contribution in [3.05, 3.63) is 22.4 Å². The minimum Gasteiger partial charge on any atom is -0.372 e. The van der Waals surface area contributed by atoms with E-state index in [2.05, 4.69) is 73.5 Å². The van der Waals surface area contributed by atoms with Crippen molar-refractivity contribution in [2.45, 2.75) is 72.1 Å². The van der Waals surface area contributed by atoms with Gasteiger partial charge < -0.3 is 4.90 Å². The molecule has 0 bridgehead atoms. The molecule has 0 fully saturated rings. The SMILES string of the molecule is CC1=C(C)C(C)([SiH](C)C)C(N(C)C(C)(C)C)=C1C. The lowest BCUT2D eigenvalue weighted by molar-refractivity contribution is 0.213. The molecule has 1 aliphatic carbocycles. The van der Waals surface area contributed by atoms with Crippen molar-refractivity contribution < 1.29 is 0 Å². The van der Waals surface area contributed by atoms with Crippen molar-refractivity contribution in [1.29, 1.82) is 0 Å². The average molecular weight is 266 g/mol. The highest BCUT2D eigenvalue weighted by atomic mass is 28.3. The van der Waals surface area contributed by atoms with Gasteiger partial charge >= 0.3 is 0 Å². The van der Waals surface area contributed by atoms with Gasteiger partial charge in [-0.1, -0.05) is 25.6 Å². The zero-order valence-corrected chi connectivity index (χ0v) is 15.2. The monoisotopic (exact) mass is 265 g/mol. The quantitative estimate of drug-likeness (QED) is 0.660. The summed E-state index contributed by atoms with van der Waals surface area (Å²) in [6.07, 6.45) is 0. The van der Waals surface area contributed by atoms with Gasteiger partial charge in [0.15, 0.2) is 0 Å². The van der Waals surface area contributed by atoms with Crippen LogP contribution in [0.3, 0.4) is 0 Å². The van der Waals surface area contributed by atoms with Crippen LogP contribution in [-0.4, -0.2) is 26.3 Å². The van der Waals surface area contributed by atoms with E-state index in [1.54, 1.807) is 11.3 Å². The van der Waals surface area contributed by atoms with E-state index in [-0.39, 0.29) is 5.54 Å². The first-order valence-electron chi connectivity index (χ1n) is 7.09. The van der Waals surface area contributed by atoms with E-state index in [9.17, 15) is 0 Å². The van der Waals surface area contributed by atoms with Gasteiger partial charge in [0.1, 0.15) is 0 Å². The molecular formula is C16H31NSi. The number of rotatable bonds is 2. The maximum absolute atomic E-state index is 2.51. The van der Waals surface area contributed by atoms with E-state index >= 15 is 0 Å². The van der Waals surface area contributed by atoms with Crippen molar-refractivity contribution in [1.82, 2.24) is 4.90 Å². The molecule has 0 radical (unpaired) electrons. The Labute approximate surface area is 116 Å². The predicted molar refractivity (Wildman–Crippen MR) is 85.8 cm³/mol. The molecule has 0 aromatic rings. The minimum absolute atomic E-state index is 0.187. The summed E-state index contributed by atoms with van der Waals surface area (Å²) in [6.45, 7) is 21.3. The topological polar surface area (TPSA) is 3.24 Å². The van der Waals surface area contributed by atoms with Crippen LogP contribution in [0.5, 0.6) is 0 Å². The smallest absolute Gasteiger partial charge is 0.0494 e. The molecular weight excluding hydrogens is 234 g/mol. The molecule has 0 aliphatic heterocycles. The van der Waals surface area contributed by atoms with Crippen LogP contribution in [0.2, 0.25) is 18.1 Å². The summed E-state index contributed by atoms with van der Waals surface area (Å²) in [7, 11) is 1.45. The molecule has 1 unspecified atom stereocenters.